The van der Waals surface area contributed by atoms with Crippen molar-refractivity contribution in [2.75, 3.05) is 0 Å². The Morgan fingerprint density at radius 1 is 1.60 bits per heavy atom. The average Bonchev–Trinajstić information content (AvgIpc) is 1.60. The third-order valence-electron chi connectivity index (χ3n) is 1.41. The van der Waals surface area contributed by atoms with E-state index in [1.165, 1.54) is 6.92 Å². The summed E-state index contributed by atoms with van der Waals surface area (Å²) < 4.78 is 4.98. The number of ether oxygens (including phenoxy) is 1. The fourth-order valence-corrected chi connectivity index (χ4v) is 0.508. The molecule has 0 aromatic carbocycles. The van der Waals surface area contributed by atoms with Gasteiger partial charge in [-0.2, -0.15) is 12.6 Å². The van der Waals surface area contributed by atoms with Crippen molar-refractivity contribution in [2.45, 2.75) is 38.5 Å². The van der Waals surface area contributed by atoms with Crippen LogP contribution < -0.4 is 0 Å². The van der Waals surface area contributed by atoms with E-state index < -0.39 is 5.60 Å². The maximum atomic E-state index is 10.5. The van der Waals surface area contributed by atoms with Crippen molar-refractivity contribution < 1.29 is 9.53 Å². The fraction of sp³-hybridized carbons (Fsp3) is 0.857. The van der Waals surface area contributed by atoms with Crippen LogP contribution in [0.5, 0.6) is 0 Å². The van der Waals surface area contributed by atoms with Gasteiger partial charge in [-0.25, -0.2) is 0 Å². The lowest BCUT2D eigenvalue weighted by Gasteiger charge is -2.27. The van der Waals surface area contributed by atoms with E-state index in [0.29, 0.717) is 0 Å². The van der Waals surface area contributed by atoms with Crippen molar-refractivity contribution in [1.82, 2.24) is 0 Å². The molecule has 2 nitrogen and oxygen atoms in total. The zero-order valence-electron chi connectivity index (χ0n) is 6.84. The van der Waals surface area contributed by atoms with E-state index in [0.717, 1.165) is 0 Å². The van der Waals surface area contributed by atoms with Gasteiger partial charge >= 0.3 is 5.97 Å². The number of thiol groups is 1. The summed E-state index contributed by atoms with van der Waals surface area (Å²) in [4.78, 5) is 10.5. The first kappa shape index (κ1) is 9.82. The fourth-order valence-electron chi connectivity index (χ4n) is 0.456. The van der Waals surface area contributed by atoms with Crippen LogP contribution in [0.1, 0.15) is 27.7 Å². The van der Waals surface area contributed by atoms with Crippen LogP contribution in [0.4, 0.5) is 0 Å². The Morgan fingerprint density at radius 2 is 2.00 bits per heavy atom. The second kappa shape index (κ2) is 3.28. The van der Waals surface area contributed by atoms with E-state index in [9.17, 15) is 4.79 Å². The first-order chi connectivity index (χ1) is 4.36. The summed E-state index contributed by atoms with van der Waals surface area (Å²) in [6.45, 7) is 6.97. The van der Waals surface area contributed by atoms with Crippen LogP contribution in [0.15, 0.2) is 0 Å². The molecule has 0 aliphatic carbocycles. The highest BCUT2D eigenvalue weighted by atomic mass is 32.1. The average molecular weight is 162 g/mol. The molecule has 0 heterocycles. The van der Waals surface area contributed by atoms with Gasteiger partial charge in [-0.05, 0) is 20.8 Å². The lowest BCUT2D eigenvalue weighted by atomic mass is 10.1. The molecule has 0 aliphatic rings. The number of hydrogen-bond donors (Lipinski definition) is 1. The van der Waals surface area contributed by atoms with Crippen molar-refractivity contribution in [3.63, 3.8) is 0 Å². The number of rotatable bonds is 2. The minimum atomic E-state index is -0.463. The Hall–Kier alpha value is -0.180. The summed E-state index contributed by atoms with van der Waals surface area (Å²) in [5.74, 6) is -0.258. The topological polar surface area (TPSA) is 26.3 Å². The van der Waals surface area contributed by atoms with Gasteiger partial charge < -0.3 is 4.74 Å². The molecule has 0 aromatic rings. The van der Waals surface area contributed by atoms with E-state index in [-0.39, 0.29) is 11.2 Å². The molecule has 10 heavy (non-hydrogen) atoms. The normalized spacial score (nSPS) is 14.5. The van der Waals surface area contributed by atoms with Crippen molar-refractivity contribution in [3.05, 3.63) is 0 Å². The Morgan fingerprint density at radius 3 is 2.10 bits per heavy atom. The molecule has 1 unspecified atom stereocenters. The second-order valence-electron chi connectivity index (χ2n) is 2.87. The number of carbonyl (C=O) groups is 1. The van der Waals surface area contributed by atoms with E-state index in [4.69, 9.17) is 4.74 Å². The molecule has 0 N–H and O–H groups in total. The van der Waals surface area contributed by atoms with Crippen molar-refractivity contribution in [3.8, 4) is 0 Å². The zero-order chi connectivity index (χ0) is 8.36. The maximum absolute atomic E-state index is 10.5. The zero-order valence-corrected chi connectivity index (χ0v) is 7.74. The van der Waals surface area contributed by atoms with Crippen LogP contribution in [0.2, 0.25) is 0 Å². The number of carbonyl (C=O) groups excluding carboxylic acids is 1. The Kier molecular flexibility index (Phi) is 3.22. The predicted molar refractivity (Wildman–Crippen MR) is 44.3 cm³/mol. The summed E-state index contributed by atoms with van der Waals surface area (Å²) in [5, 5.41) is 0.0522. The van der Waals surface area contributed by atoms with Gasteiger partial charge in [0.1, 0.15) is 5.60 Å². The van der Waals surface area contributed by atoms with Crippen LogP contribution >= 0.6 is 12.6 Å². The first-order valence-electron chi connectivity index (χ1n) is 3.24. The molecule has 3 heteroatoms. The van der Waals surface area contributed by atoms with Crippen LogP contribution in [0.25, 0.3) is 0 Å². The van der Waals surface area contributed by atoms with Gasteiger partial charge in [0, 0.05) is 12.2 Å². The monoisotopic (exact) mass is 162 g/mol. The summed E-state index contributed by atoms with van der Waals surface area (Å²) in [7, 11) is 0. The Balaban J connectivity index is 3.99. The summed E-state index contributed by atoms with van der Waals surface area (Å²) in [6, 6.07) is 0. The third-order valence-corrected chi connectivity index (χ3v) is 2.03. The van der Waals surface area contributed by atoms with Gasteiger partial charge in [0.2, 0.25) is 0 Å². The van der Waals surface area contributed by atoms with Gasteiger partial charge in [-0.3, -0.25) is 4.79 Å². The molecule has 0 fully saturated rings. The summed E-state index contributed by atoms with van der Waals surface area (Å²) in [5.41, 5.74) is -0.463. The first-order valence-corrected chi connectivity index (χ1v) is 3.75. The summed E-state index contributed by atoms with van der Waals surface area (Å²) in [6.07, 6.45) is 0. The van der Waals surface area contributed by atoms with Gasteiger partial charge in [-0.15, -0.1) is 0 Å². The molecule has 0 rings (SSSR count). The van der Waals surface area contributed by atoms with Crippen molar-refractivity contribution in [2.24, 2.45) is 0 Å². The minimum Gasteiger partial charge on any atom is -0.459 e. The standard InChI is InChI=1S/C7H14O2S/c1-5(10)7(3,4)9-6(2)8/h5,10H,1-4H3. The second-order valence-corrected chi connectivity index (χ2v) is 3.65. The molecule has 0 aromatic heterocycles. The van der Waals surface area contributed by atoms with Crippen molar-refractivity contribution in [1.29, 1.82) is 0 Å². The SMILES string of the molecule is CC(=O)OC(C)(C)C(C)S. The lowest BCUT2D eigenvalue weighted by molar-refractivity contribution is -0.153. The predicted octanol–water partition coefficient (Wildman–Crippen LogP) is 1.65. The molecule has 0 spiro atoms. The maximum Gasteiger partial charge on any atom is 0.303 e. The molecule has 0 saturated carbocycles. The molecule has 60 valence electrons. The number of esters is 1. The Bertz CT molecular complexity index is 130. The summed E-state index contributed by atoms with van der Waals surface area (Å²) >= 11 is 4.18. The smallest absolute Gasteiger partial charge is 0.303 e. The van der Waals surface area contributed by atoms with E-state index in [1.54, 1.807) is 0 Å². The van der Waals surface area contributed by atoms with Crippen LogP contribution in [-0.4, -0.2) is 16.8 Å². The highest BCUT2D eigenvalue weighted by molar-refractivity contribution is 7.81. The Labute approximate surface area is 67.4 Å². The molecular formula is C7H14O2S. The van der Waals surface area contributed by atoms with Gasteiger partial charge in [0.25, 0.3) is 0 Å². The van der Waals surface area contributed by atoms with Gasteiger partial charge in [0.15, 0.2) is 0 Å². The molecular weight excluding hydrogens is 148 g/mol. The molecule has 0 radical (unpaired) electrons. The van der Waals surface area contributed by atoms with Gasteiger partial charge in [-0.1, -0.05) is 0 Å². The minimum absolute atomic E-state index is 0.0522. The van der Waals surface area contributed by atoms with Crippen LogP contribution in [0, 0.1) is 0 Å². The van der Waals surface area contributed by atoms with Crippen molar-refractivity contribution >= 4 is 18.6 Å². The molecule has 0 bridgehead atoms. The van der Waals surface area contributed by atoms with E-state index in [2.05, 4.69) is 12.6 Å². The van der Waals surface area contributed by atoms with Gasteiger partial charge in [0.05, 0.1) is 0 Å². The largest absolute Gasteiger partial charge is 0.459 e. The van der Waals surface area contributed by atoms with Crippen LogP contribution in [0.3, 0.4) is 0 Å². The molecule has 1 atom stereocenters. The molecule has 0 aliphatic heterocycles. The molecule has 0 saturated heterocycles. The van der Waals surface area contributed by atoms with E-state index >= 15 is 0 Å². The third kappa shape index (κ3) is 3.11. The van der Waals surface area contributed by atoms with E-state index in [1.807, 2.05) is 20.8 Å². The molecule has 0 amide bonds. The van der Waals surface area contributed by atoms with Crippen LogP contribution in [-0.2, 0) is 9.53 Å². The highest BCUT2D eigenvalue weighted by Gasteiger charge is 2.25. The number of hydrogen-bond acceptors (Lipinski definition) is 3. The highest BCUT2D eigenvalue weighted by Crippen LogP contribution is 2.18. The lowest BCUT2D eigenvalue weighted by Crippen LogP contribution is -2.35. The quantitative estimate of drug-likeness (QED) is 0.493.